The molecule has 0 spiro atoms. The summed E-state index contributed by atoms with van der Waals surface area (Å²) in [6, 6.07) is 9.68. The quantitative estimate of drug-likeness (QED) is 0.460. The van der Waals surface area contributed by atoms with Gasteiger partial charge in [-0.05, 0) is 30.3 Å². The average molecular weight is 441 g/mol. The first kappa shape index (κ1) is 20.7. The van der Waals surface area contributed by atoms with Crippen molar-refractivity contribution >= 4 is 55.6 Å². The Labute approximate surface area is 181 Å². The Hall–Kier alpha value is -3.57. The predicted octanol–water partition coefficient (Wildman–Crippen LogP) is 3.25. The molecule has 31 heavy (non-hydrogen) atoms. The number of fused-ring (bicyclic) bond motifs is 1. The van der Waals surface area contributed by atoms with Crippen LogP contribution < -0.4 is 15.5 Å². The third kappa shape index (κ3) is 4.62. The van der Waals surface area contributed by atoms with Crippen molar-refractivity contribution in [2.75, 3.05) is 41.8 Å². The van der Waals surface area contributed by atoms with E-state index < -0.39 is 10.8 Å². The minimum Gasteiger partial charge on any atom is -0.378 e. The summed E-state index contributed by atoms with van der Waals surface area (Å²) < 4.78 is 6.09. The highest BCUT2D eigenvalue weighted by molar-refractivity contribution is 7.22. The maximum Gasteiger partial charge on any atom is 0.293 e. The molecule has 11 heteroatoms. The van der Waals surface area contributed by atoms with Crippen LogP contribution in [-0.4, -0.2) is 48.0 Å². The molecule has 0 radical (unpaired) electrons. The molecular formula is C20H19N5O5S. The Bertz CT molecular complexity index is 1170. The van der Waals surface area contributed by atoms with Crippen molar-refractivity contribution in [3.05, 3.63) is 52.1 Å². The maximum absolute atomic E-state index is 12.7. The summed E-state index contributed by atoms with van der Waals surface area (Å²) in [7, 11) is 0. The van der Waals surface area contributed by atoms with Gasteiger partial charge in [-0.15, -0.1) is 0 Å². The molecule has 2 aromatic carbocycles. The number of nitro groups is 1. The van der Waals surface area contributed by atoms with Crippen molar-refractivity contribution in [2.24, 2.45) is 0 Å². The molecule has 0 aliphatic carbocycles. The summed E-state index contributed by atoms with van der Waals surface area (Å²) in [4.78, 5) is 41.3. The number of rotatable bonds is 5. The van der Waals surface area contributed by atoms with Crippen LogP contribution in [-0.2, 0) is 9.53 Å². The van der Waals surface area contributed by atoms with E-state index in [0.29, 0.717) is 48.3 Å². The first-order valence-corrected chi connectivity index (χ1v) is 10.3. The number of anilines is 3. The summed E-state index contributed by atoms with van der Waals surface area (Å²) in [6.45, 7) is 3.53. The Morgan fingerprint density at radius 1 is 1.16 bits per heavy atom. The molecule has 0 atom stereocenters. The zero-order valence-electron chi connectivity index (χ0n) is 16.6. The molecule has 0 bridgehead atoms. The van der Waals surface area contributed by atoms with Gasteiger partial charge in [0, 0.05) is 37.3 Å². The Balaban J connectivity index is 1.55. The number of nitrogens with one attached hydrogen (secondary N) is 2. The number of nitrogens with zero attached hydrogens (tertiary/aromatic N) is 3. The van der Waals surface area contributed by atoms with Gasteiger partial charge in [-0.25, -0.2) is 4.98 Å². The topological polar surface area (TPSA) is 127 Å². The Kier molecular flexibility index (Phi) is 5.78. The average Bonchev–Trinajstić information content (AvgIpc) is 3.15. The largest absolute Gasteiger partial charge is 0.378 e. The zero-order valence-corrected chi connectivity index (χ0v) is 17.4. The molecule has 3 aromatic rings. The molecule has 160 valence electrons. The van der Waals surface area contributed by atoms with Gasteiger partial charge >= 0.3 is 0 Å². The number of hydrogen-bond donors (Lipinski definition) is 2. The van der Waals surface area contributed by atoms with Crippen LogP contribution in [0.5, 0.6) is 0 Å². The van der Waals surface area contributed by atoms with Crippen LogP contribution in [0.15, 0.2) is 36.4 Å². The van der Waals surface area contributed by atoms with Crippen LogP contribution in [0.4, 0.5) is 22.2 Å². The molecule has 2 N–H and O–H groups in total. The standard InChI is InChI=1S/C20H19N5O5S/c1-12(26)21-14-3-4-15-18(11-14)31-20(22-15)23-19(27)13-2-5-16(17(10-13)25(28)29)24-6-8-30-9-7-24/h2-5,10-11H,6-9H2,1H3,(H,21,26)(H,22,23,27). The van der Waals surface area contributed by atoms with Gasteiger partial charge in [0.2, 0.25) is 5.91 Å². The lowest BCUT2D eigenvalue weighted by Crippen LogP contribution is -2.36. The maximum atomic E-state index is 12.7. The first-order valence-electron chi connectivity index (χ1n) is 9.51. The van der Waals surface area contributed by atoms with Crippen LogP contribution in [0.1, 0.15) is 17.3 Å². The van der Waals surface area contributed by atoms with Crippen molar-refractivity contribution in [1.82, 2.24) is 4.98 Å². The second-order valence-electron chi connectivity index (χ2n) is 6.90. The van der Waals surface area contributed by atoms with E-state index in [9.17, 15) is 19.7 Å². The van der Waals surface area contributed by atoms with Gasteiger partial charge in [-0.2, -0.15) is 0 Å². The summed E-state index contributed by atoms with van der Waals surface area (Å²) in [5.41, 5.74) is 1.81. The van der Waals surface area contributed by atoms with E-state index in [1.807, 2.05) is 4.90 Å². The zero-order chi connectivity index (χ0) is 22.0. The first-order chi connectivity index (χ1) is 14.9. The lowest BCUT2D eigenvalue weighted by Gasteiger charge is -2.28. The van der Waals surface area contributed by atoms with E-state index in [-0.39, 0.29) is 17.2 Å². The number of aromatic nitrogens is 1. The summed E-state index contributed by atoms with van der Waals surface area (Å²) in [5, 5.41) is 17.4. The van der Waals surface area contributed by atoms with Gasteiger partial charge in [-0.3, -0.25) is 25.0 Å². The van der Waals surface area contributed by atoms with E-state index in [0.717, 1.165) is 4.70 Å². The van der Waals surface area contributed by atoms with Gasteiger partial charge in [0.15, 0.2) is 5.13 Å². The number of benzene rings is 2. The molecule has 0 saturated carbocycles. The molecule has 10 nitrogen and oxygen atoms in total. The Morgan fingerprint density at radius 2 is 1.94 bits per heavy atom. The number of morpholine rings is 1. The third-order valence-corrected chi connectivity index (χ3v) is 5.65. The number of hydrogen-bond acceptors (Lipinski definition) is 8. The monoisotopic (exact) mass is 441 g/mol. The van der Waals surface area contributed by atoms with Crippen LogP contribution in [0.3, 0.4) is 0 Å². The smallest absolute Gasteiger partial charge is 0.293 e. The van der Waals surface area contributed by atoms with E-state index in [1.54, 1.807) is 30.3 Å². The number of carbonyl (C=O) groups excluding carboxylic acids is 2. The van der Waals surface area contributed by atoms with E-state index in [4.69, 9.17) is 4.74 Å². The highest BCUT2D eigenvalue weighted by Crippen LogP contribution is 2.31. The highest BCUT2D eigenvalue weighted by atomic mass is 32.1. The molecule has 1 saturated heterocycles. The number of nitro benzene ring substituents is 1. The van der Waals surface area contributed by atoms with Crippen molar-refractivity contribution < 1.29 is 19.2 Å². The van der Waals surface area contributed by atoms with Crippen LogP contribution >= 0.6 is 11.3 Å². The van der Waals surface area contributed by atoms with Crippen molar-refractivity contribution in [1.29, 1.82) is 0 Å². The summed E-state index contributed by atoms with van der Waals surface area (Å²) >= 11 is 1.25. The molecule has 1 aliphatic heterocycles. The van der Waals surface area contributed by atoms with Crippen LogP contribution in [0, 0.1) is 10.1 Å². The second-order valence-corrected chi connectivity index (χ2v) is 7.93. The lowest BCUT2D eigenvalue weighted by molar-refractivity contribution is -0.384. The number of ether oxygens (including phenoxy) is 1. The number of carbonyl (C=O) groups is 2. The number of thiazole rings is 1. The molecule has 2 amide bonds. The van der Waals surface area contributed by atoms with Gasteiger partial charge < -0.3 is 15.0 Å². The fraction of sp³-hybridized carbons (Fsp3) is 0.250. The second kappa shape index (κ2) is 8.66. The van der Waals surface area contributed by atoms with Gasteiger partial charge in [-0.1, -0.05) is 11.3 Å². The Morgan fingerprint density at radius 3 is 2.65 bits per heavy atom. The molecule has 2 heterocycles. The van der Waals surface area contributed by atoms with Crippen molar-refractivity contribution in [2.45, 2.75) is 6.92 Å². The summed E-state index contributed by atoms with van der Waals surface area (Å²) in [5.74, 6) is -0.669. The van der Waals surface area contributed by atoms with Gasteiger partial charge in [0.05, 0.1) is 28.4 Å². The van der Waals surface area contributed by atoms with Crippen LogP contribution in [0.25, 0.3) is 10.2 Å². The molecule has 1 aliphatic rings. The predicted molar refractivity (Wildman–Crippen MR) is 118 cm³/mol. The molecular weight excluding hydrogens is 422 g/mol. The van der Waals surface area contributed by atoms with E-state index in [2.05, 4.69) is 15.6 Å². The van der Waals surface area contributed by atoms with Crippen molar-refractivity contribution in [3.8, 4) is 0 Å². The van der Waals surface area contributed by atoms with Gasteiger partial charge in [0.1, 0.15) is 5.69 Å². The molecule has 1 fully saturated rings. The SMILES string of the molecule is CC(=O)Nc1ccc2nc(NC(=O)c3ccc(N4CCOCC4)c([N+](=O)[O-])c3)sc2c1. The summed E-state index contributed by atoms with van der Waals surface area (Å²) in [6.07, 6.45) is 0. The molecule has 1 aromatic heterocycles. The lowest BCUT2D eigenvalue weighted by atomic mass is 10.1. The van der Waals surface area contributed by atoms with E-state index in [1.165, 1.54) is 24.3 Å². The fourth-order valence-corrected chi connectivity index (χ4v) is 4.21. The fourth-order valence-electron chi connectivity index (χ4n) is 3.31. The van der Waals surface area contributed by atoms with E-state index >= 15 is 0 Å². The molecule has 0 unspecified atom stereocenters. The van der Waals surface area contributed by atoms with Crippen LogP contribution in [0.2, 0.25) is 0 Å². The minimum absolute atomic E-state index is 0.126. The van der Waals surface area contributed by atoms with Gasteiger partial charge in [0.25, 0.3) is 11.6 Å². The minimum atomic E-state index is -0.488. The highest BCUT2D eigenvalue weighted by Gasteiger charge is 2.23. The normalized spacial score (nSPS) is 13.8. The van der Waals surface area contributed by atoms with Crippen molar-refractivity contribution in [3.63, 3.8) is 0 Å². The molecule has 4 rings (SSSR count). The number of amides is 2. The third-order valence-electron chi connectivity index (χ3n) is 4.72.